The minimum absolute atomic E-state index is 0.0994. The van der Waals surface area contributed by atoms with Crippen molar-refractivity contribution in [3.63, 3.8) is 0 Å². The van der Waals surface area contributed by atoms with Gasteiger partial charge in [0.2, 0.25) is 0 Å². The SMILES string of the molecule is CC1C[C@H](N)CCC1NC(=O)O. The van der Waals surface area contributed by atoms with Gasteiger partial charge in [-0.1, -0.05) is 6.92 Å². The van der Waals surface area contributed by atoms with E-state index in [2.05, 4.69) is 5.32 Å². The Balaban J connectivity index is 2.39. The Kier molecular flexibility index (Phi) is 2.92. The number of carboxylic acid groups (broad SMARTS) is 1. The number of amides is 1. The molecule has 0 aromatic heterocycles. The molecule has 0 aromatic rings. The predicted molar refractivity (Wildman–Crippen MR) is 45.9 cm³/mol. The molecule has 4 N–H and O–H groups in total. The number of hydrogen-bond donors (Lipinski definition) is 3. The lowest BCUT2D eigenvalue weighted by Gasteiger charge is -2.32. The van der Waals surface area contributed by atoms with Crippen molar-refractivity contribution in [3.8, 4) is 0 Å². The highest BCUT2D eigenvalue weighted by molar-refractivity contribution is 5.64. The number of nitrogens with two attached hydrogens (primary N) is 1. The first-order valence-corrected chi connectivity index (χ1v) is 4.34. The molecule has 1 aliphatic carbocycles. The lowest BCUT2D eigenvalue weighted by Crippen LogP contribution is -2.45. The molecule has 1 saturated carbocycles. The second-order valence-electron chi connectivity index (χ2n) is 3.61. The first kappa shape index (κ1) is 9.32. The zero-order chi connectivity index (χ0) is 9.14. The van der Waals surface area contributed by atoms with Crippen LogP contribution in [0.4, 0.5) is 4.79 Å². The van der Waals surface area contributed by atoms with Gasteiger partial charge in [0.25, 0.3) is 0 Å². The third-order valence-corrected chi connectivity index (χ3v) is 2.52. The Morgan fingerprint density at radius 2 is 2.25 bits per heavy atom. The maximum Gasteiger partial charge on any atom is 0.404 e. The topological polar surface area (TPSA) is 75.3 Å². The Labute approximate surface area is 72.1 Å². The normalized spacial score (nSPS) is 36.0. The highest BCUT2D eigenvalue weighted by Crippen LogP contribution is 2.22. The summed E-state index contributed by atoms with van der Waals surface area (Å²) in [6.07, 6.45) is 1.79. The van der Waals surface area contributed by atoms with Crippen molar-refractivity contribution in [1.82, 2.24) is 5.32 Å². The van der Waals surface area contributed by atoms with Gasteiger partial charge in [-0.3, -0.25) is 0 Å². The Bertz CT molecular complexity index is 172. The zero-order valence-electron chi connectivity index (χ0n) is 7.29. The van der Waals surface area contributed by atoms with Gasteiger partial charge in [0.05, 0.1) is 0 Å². The Morgan fingerprint density at radius 1 is 1.58 bits per heavy atom. The summed E-state index contributed by atoms with van der Waals surface area (Å²) in [5.74, 6) is 0.366. The summed E-state index contributed by atoms with van der Waals surface area (Å²) < 4.78 is 0. The highest BCUT2D eigenvalue weighted by Gasteiger charge is 2.26. The van der Waals surface area contributed by atoms with Gasteiger partial charge in [-0.25, -0.2) is 4.79 Å². The molecule has 0 aliphatic heterocycles. The summed E-state index contributed by atoms with van der Waals surface area (Å²) in [6, 6.07) is 0.356. The first-order valence-electron chi connectivity index (χ1n) is 4.34. The van der Waals surface area contributed by atoms with Crippen molar-refractivity contribution in [2.45, 2.75) is 38.3 Å². The van der Waals surface area contributed by atoms with Gasteiger partial charge in [0, 0.05) is 12.1 Å². The second-order valence-corrected chi connectivity index (χ2v) is 3.61. The molecule has 0 bridgehead atoms. The van der Waals surface area contributed by atoms with Crippen molar-refractivity contribution in [1.29, 1.82) is 0 Å². The van der Waals surface area contributed by atoms with E-state index in [0.717, 1.165) is 19.3 Å². The van der Waals surface area contributed by atoms with E-state index in [9.17, 15) is 4.79 Å². The number of carbonyl (C=O) groups is 1. The van der Waals surface area contributed by atoms with Crippen LogP contribution in [0.2, 0.25) is 0 Å². The standard InChI is InChI=1S/C8H16N2O2/c1-5-4-6(9)2-3-7(5)10-8(11)12/h5-7,10H,2-4,9H2,1H3,(H,11,12)/t5?,6-,7?/m1/s1. The van der Waals surface area contributed by atoms with Crippen LogP contribution in [-0.4, -0.2) is 23.3 Å². The minimum Gasteiger partial charge on any atom is -0.465 e. The first-order chi connectivity index (χ1) is 5.59. The van der Waals surface area contributed by atoms with E-state index in [-0.39, 0.29) is 12.1 Å². The van der Waals surface area contributed by atoms with Crippen LogP contribution in [0.15, 0.2) is 0 Å². The molecule has 12 heavy (non-hydrogen) atoms. The monoisotopic (exact) mass is 172 g/mol. The predicted octanol–water partition coefficient (Wildman–Crippen LogP) is 0.770. The fraction of sp³-hybridized carbons (Fsp3) is 0.875. The van der Waals surface area contributed by atoms with Crippen molar-refractivity contribution in [2.24, 2.45) is 11.7 Å². The summed E-state index contributed by atoms with van der Waals surface area (Å²) in [5.41, 5.74) is 5.74. The van der Waals surface area contributed by atoms with Crippen molar-refractivity contribution >= 4 is 6.09 Å². The molecule has 1 rings (SSSR count). The molecule has 1 amide bonds. The van der Waals surface area contributed by atoms with Crippen LogP contribution in [-0.2, 0) is 0 Å². The van der Waals surface area contributed by atoms with Crippen molar-refractivity contribution < 1.29 is 9.90 Å². The molecule has 3 atom stereocenters. The van der Waals surface area contributed by atoms with E-state index in [1.165, 1.54) is 0 Å². The van der Waals surface area contributed by atoms with Gasteiger partial charge in [-0.05, 0) is 25.2 Å². The zero-order valence-corrected chi connectivity index (χ0v) is 7.29. The lowest BCUT2D eigenvalue weighted by atomic mass is 9.83. The van der Waals surface area contributed by atoms with Gasteiger partial charge >= 0.3 is 6.09 Å². The fourth-order valence-corrected chi connectivity index (χ4v) is 1.81. The van der Waals surface area contributed by atoms with E-state index in [0.29, 0.717) is 5.92 Å². The second kappa shape index (κ2) is 3.76. The molecule has 70 valence electrons. The lowest BCUT2D eigenvalue weighted by molar-refractivity contribution is 0.175. The third kappa shape index (κ3) is 2.37. The fourth-order valence-electron chi connectivity index (χ4n) is 1.81. The maximum atomic E-state index is 10.4. The Hall–Kier alpha value is -0.770. The molecule has 1 aliphatic rings. The van der Waals surface area contributed by atoms with Gasteiger partial charge < -0.3 is 16.2 Å². The van der Waals surface area contributed by atoms with Crippen LogP contribution in [0.5, 0.6) is 0 Å². The quantitative estimate of drug-likeness (QED) is 0.547. The van der Waals surface area contributed by atoms with Crippen LogP contribution < -0.4 is 11.1 Å². The molecular weight excluding hydrogens is 156 g/mol. The van der Waals surface area contributed by atoms with E-state index in [1.54, 1.807) is 0 Å². The minimum atomic E-state index is -0.928. The molecule has 4 heteroatoms. The molecule has 4 nitrogen and oxygen atoms in total. The van der Waals surface area contributed by atoms with Crippen LogP contribution in [0.1, 0.15) is 26.2 Å². The van der Waals surface area contributed by atoms with Crippen LogP contribution in [0, 0.1) is 5.92 Å². The molecule has 0 saturated heterocycles. The largest absolute Gasteiger partial charge is 0.465 e. The van der Waals surface area contributed by atoms with Crippen LogP contribution in [0.25, 0.3) is 0 Å². The number of rotatable bonds is 1. The van der Waals surface area contributed by atoms with Crippen molar-refractivity contribution in [2.75, 3.05) is 0 Å². The summed E-state index contributed by atoms with van der Waals surface area (Å²) in [4.78, 5) is 10.4. The summed E-state index contributed by atoms with van der Waals surface area (Å²) in [7, 11) is 0. The molecule has 0 radical (unpaired) electrons. The summed E-state index contributed by atoms with van der Waals surface area (Å²) >= 11 is 0. The smallest absolute Gasteiger partial charge is 0.404 e. The number of hydrogen-bond acceptors (Lipinski definition) is 2. The molecule has 0 heterocycles. The van der Waals surface area contributed by atoms with Gasteiger partial charge in [0.1, 0.15) is 0 Å². The average molecular weight is 172 g/mol. The molecule has 1 fully saturated rings. The maximum absolute atomic E-state index is 10.4. The van der Waals surface area contributed by atoms with E-state index in [1.807, 2.05) is 6.92 Å². The number of nitrogens with one attached hydrogen (secondary N) is 1. The summed E-state index contributed by atoms with van der Waals surface area (Å²) in [5, 5.41) is 11.0. The van der Waals surface area contributed by atoms with Gasteiger partial charge in [-0.2, -0.15) is 0 Å². The van der Waals surface area contributed by atoms with E-state index >= 15 is 0 Å². The summed E-state index contributed by atoms with van der Waals surface area (Å²) in [6.45, 7) is 2.04. The van der Waals surface area contributed by atoms with E-state index < -0.39 is 6.09 Å². The average Bonchev–Trinajstić information content (AvgIpc) is 1.94. The third-order valence-electron chi connectivity index (χ3n) is 2.52. The van der Waals surface area contributed by atoms with E-state index in [4.69, 9.17) is 10.8 Å². The molecule has 0 spiro atoms. The van der Waals surface area contributed by atoms with Crippen LogP contribution >= 0.6 is 0 Å². The Morgan fingerprint density at radius 3 is 2.75 bits per heavy atom. The molecular formula is C8H16N2O2. The highest BCUT2D eigenvalue weighted by atomic mass is 16.4. The van der Waals surface area contributed by atoms with Gasteiger partial charge in [-0.15, -0.1) is 0 Å². The molecule has 0 aromatic carbocycles. The van der Waals surface area contributed by atoms with Crippen LogP contribution in [0.3, 0.4) is 0 Å². The van der Waals surface area contributed by atoms with Crippen molar-refractivity contribution in [3.05, 3.63) is 0 Å². The molecule has 2 unspecified atom stereocenters. The van der Waals surface area contributed by atoms with Gasteiger partial charge in [0.15, 0.2) is 0 Å².